The summed E-state index contributed by atoms with van der Waals surface area (Å²) in [5.41, 5.74) is 0. The SMILES string of the molecule is CN1C(=S)N(C)C2CC3(C)BC3(C)CCCC21. The Kier molecular flexibility index (Phi) is 2.37. The molecule has 17 heavy (non-hydrogen) atoms. The Labute approximate surface area is 111 Å². The van der Waals surface area contributed by atoms with E-state index in [1.165, 1.54) is 33.0 Å². The van der Waals surface area contributed by atoms with Gasteiger partial charge in [-0.2, -0.15) is 0 Å². The molecule has 0 aromatic heterocycles. The molecule has 4 atom stereocenters. The third kappa shape index (κ3) is 1.49. The van der Waals surface area contributed by atoms with Gasteiger partial charge in [-0.25, -0.2) is 0 Å². The summed E-state index contributed by atoms with van der Waals surface area (Å²) in [7, 11) is 5.79. The van der Waals surface area contributed by atoms with E-state index in [0.29, 0.717) is 22.7 Å². The lowest BCUT2D eigenvalue weighted by molar-refractivity contribution is 0.230. The Morgan fingerprint density at radius 2 is 1.82 bits per heavy atom. The van der Waals surface area contributed by atoms with Gasteiger partial charge < -0.3 is 9.80 Å². The lowest BCUT2D eigenvalue weighted by Crippen LogP contribution is -2.37. The molecule has 3 fully saturated rings. The molecule has 0 spiro atoms. The highest BCUT2D eigenvalue weighted by Crippen LogP contribution is 2.74. The number of hydrogen-bond donors (Lipinski definition) is 0. The van der Waals surface area contributed by atoms with Crippen molar-refractivity contribution in [2.75, 3.05) is 14.1 Å². The summed E-state index contributed by atoms with van der Waals surface area (Å²) in [4.78, 5) is 4.70. The maximum atomic E-state index is 5.54. The Balaban J connectivity index is 1.88. The molecular formula is C13H23BN2S. The molecule has 3 rings (SSSR count). The molecule has 0 N–H and O–H groups in total. The largest absolute Gasteiger partial charge is 0.347 e. The minimum atomic E-state index is 0.575. The van der Waals surface area contributed by atoms with Crippen LogP contribution in [0.5, 0.6) is 0 Å². The van der Waals surface area contributed by atoms with Crippen LogP contribution in [-0.2, 0) is 0 Å². The summed E-state index contributed by atoms with van der Waals surface area (Å²) in [6.07, 6.45) is 5.43. The molecule has 0 radical (unpaired) electrons. The zero-order valence-electron chi connectivity index (χ0n) is 11.5. The van der Waals surface area contributed by atoms with E-state index < -0.39 is 0 Å². The van der Waals surface area contributed by atoms with E-state index in [2.05, 4.69) is 37.7 Å². The van der Waals surface area contributed by atoms with E-state index in [1.807, 2.05) is 0 Å². The molecule has 2 heterocycles. The third-order valence-electron chi connectivity index (χ3n) is 6.04. The fourth-order valence-electron chi connectivity index (χ4n) is 4.40. The molecule has 0 amide bonds. The fourth-order valence-corrected chi connectivity index (χ4v) is 4.67. The van der Waals surface area contributed by atoms with Gasteiger partial charge >= 0.3 is 0 Å². The summed E-state index contributed by atoms with van der Waals surface area (Å²) < 4.78 is 0. The maximum Gasteiger partial charge on any atom is 0.171 e. The smallest absolute Gasteiger partial charge is 0.171 e. The summed E-state index contributed by atoms with van der Waals surface area (Å²) in [5, 5.41) is 2.25. The van der Waals surface area contributed by atoms with Crippen molar-refractivity contribution < 1.29 is 0 Å². The van der Waals surface area contributed by atoms with Gasteiger partial charge in [0.2, 0.25) is 0 Å². The molecule has 0 aromatic carbocycles. The number of thiocarbonyl (C=S) groups is 1. The molecule has 4 unspecified atom stereocenters. The molecule has 1 saturated carbocycles. The highest BCUT2D eigenvalue weighted by molar-refractivity contribution is 7.80. The zero-order valence-corrected chi connectivity index (χ0v) is 12.3. The first-order chi connectivity index (χ1) is 7.88. The molecule has 1 aliphatic carbocycles. The summed E-state index contributed by atoms with van der Waals surface area (Å²) in [6, 6.07) is 1.31. The van der Waals surface area contributed by atoms with Crippen molar-refractivity contribution in [3.8, 4) is 0 Å². The van der Waals surface area contributed by atoms with Crippen LogP contribution in [0, 0.1) is 0 Å². The van der Waals surface area contributed by atoms with Crippen LogP contribution in [0.1, 0.15) is 39.5 Å². The van der Waals surface area contributed by atoms with Gasteiger partial charge in [-0.05, 0) is 25.1 Å². The van der Waals surface area contributed by atoms with Gasteiger partial charge in [0.25, 0.3) is 0 Å². The minimum Gasteiger partial charge on any atom is -0.347 e. The molecule has 2 aliphatic heterocycles. The van der Waals surface area contributed by atoms with Crippen LogP contribution >= 0.6 is 12.2 Å². The van der Waals surface area contributed by atoms with Crippen molar-refractivity contribution in [2.45, 2.75) is 62.2 Å². The van der Waals surface area contributed by atoms with E-state index in [-0.39, 0.29) is 0 Å². The molecule has 0 bridgehead atoms. The van der Waals surface area contributed by atoms with Crippen LogP contribution in [-0.4, -0.2) is 48.4 Å². The van der Waals surface area contributed by atoms with E-state index in [4.69, 9.17) is 12.2 Å². The number of rotatable bonds is 0. The standard InChI is InChI=1S/C13H23BN2S/c1-12-7-5-6-9-10(8-13(12,2)14-12)16(4)11(17)15(9)3/h9-10,14H,5-8H2,1-4H3. The summed E-state index contributed by atoms with van der Waals surface area (Å²) >= 11 is 5.54. The van der Waals surface area contributed by atoms with Crippen molar-refractivity contribution in [3.05, 3.63) is 0 Å². The predicted molar refractivity (Wildman–Crippen MR) is 78.1 cm³/mol. The summed E-state index contributed by atoms with van der Waals surface area (Å²) in [5.74, 6) is 0. The highest BCUT2D eigenvalue weighted by Gasteiger charge is 2.63. The normalized spacial score (nSPS) is 49.1. The first kappa shape index (κ1) is 11.8. The molecule has 2 saturated heterocycles. The molecule has 4 heteroatoms. The van der Waals surface area contributed by atoms with Crippen molar-refractivity contribution >= 4 is 24.6 Å². The van der Waals surface area contributed by atoms with Gasteiger partial charge in [0.15, 0.2) is 5.11 Å². The second kappa shape index (κ2) is 3.40. The van der Waals surface area contributed by atoms with Crippen LogP contribution in [0.3, 0.4) is 0 Å². The predicted octanol–water partition coefficient (Wildman–Crippen LogP) is 2.27. The molecular weight excluding hydrogens is 227 g/mol. The van der Waals surface area contributed by atoms with Gasteiger partial charge in [0, 0.05) is 14.1 Å². The van der Waals surface area contributed by atoms with Crippen LogP contribution in [0.25, 0.3) is 0 Å². The van der Waals surface area contributed by atoms with Crippen molar-refractivity contribution in [2.24, 2.45) is 0 Å². The van der Waals surface area contributed by atoms with Gasteiger partial charge in [0.1, 0.15) is 7.28 Å². The first-order valence-corrected chi connectivity index (χ1v) is 7.28. The maximum absolute atomic E-state index is 5.54. The molecule has 2 nitrogen and oxygen atoms in total. The molecule has 0 aromatic rings. The second-order valence-electron chi connectivity index (χ2n) is 7.03. The Morgan fingerprint density at radius 1 is 1.18 bits per heavy atom. The van der Waals surface area contributed by atoms with Crippen molar-refractivity contribution in [1.82, 2.24) is 9.80 Å². The minimum absolute atomic E-state index is 0.575. The van der Waals surface area contributed by atoms with Crippen LogP contribution in [0.4, 0.5) is 0 Å². The van der Waals surface area contributed by atoms with Gasteiger partial charge in [-0.3, -0.25) is 0 Å². The number of nitrogens with zero attached hydrogens (tertiary/aromatic N) is 2. The Morgan fingerprint density at radius 3 is 2.53 bits per heavy atom. The Bertz CT molecular complexity index is 374. The number of likely N-dealkylation sites (N-methyl/N-ethyl adjacent to an activating group) is 2. The Hall–Kier alpha value is -0.245. The lowest BCUT2D eigenvalue weighted by atomic mass is 9.80. The average molecular weight is 250 g/mol. The summed E-state index contributed by atoms with van der Waals surface area (Å²) in [6.45, 7) is 4.98. The van der Waals surface area contributed by atoms with Crippen LogP contribution < -0.4 is 0 Å². The monoisotopic (exact) mass is 250 g/mol. The molecule has 3 aliphatic rings. The van der Waals surface area contributed by atoms with Crippen molar-refractivity contribution in [3.63, 3.8) is 0 Å². The van der Waals surface area contributed by atoms with Gasteiger partial charge in [-0.1, -0.05) is 37.3 Å². The van der Waals surface area contributed by atoms with Crippen LogP contribution in [0.2, 0.25) is 10.6 Å². The van der Waals surface area contributed by atoms with Crippen molar-refractivity contribution in [1.29, 1.82) is 0 Å². The van der Waals surface area contributed by atoms with E-state index >= 15 is 0 Å². The average Bonchev–Trinajstić information content (AvgIpc) is 2.71. The quantitative estimate of drug-likeness (QED) is 0.481. The first-order valence-electron chi connectivity index (χ1n) is 6.88. The van der Waals surface area contributed by atoms with Gasteiger partial charge in [0.05, 0.1) is 12.1 Å². The zero-order chi connectivity index (χ0) is 12.4. The second-order valence-corrected chi connectivity index (χ2v) is 7.40. The lowest BCUT2D eigenvalue weighted by Gasteiger charge is -2.34. The number of fused-ring (bicyclic) bond motifs is 2. The van der Waals surface area contributed by atoms with Crippen LogP contribution in [0.15, 0.2) is 0 Å². The molecule has 94 valence electrons. The van der Waals surface area contributed by atoms with E-state index in [9.17, 15) is 0 Å². The third-order valence-corrected chi connectivity index (χ3v) is 6.62. The highest BCUT2D eigenvalue weighted by atomic mass is 32.1. The van der Waals surface area contributed by atoms with Gasteiger partial charge in [-0.15, -0.1) is 0 Å². The van der Waals surface area contributed by atoms with E-state index in [1.54, 1.807) is 0 Å². The fraction of sp³-hybridized carbons (Fsp3) is 0.923. The number of hydrogen-bond acceptors (Lipinski definition) is 1. The topological polar surface area (TPSA) is 6.48 Å². The van der Waals surface area contributed by atoms with E-state index in [0.717, 1.165) is 5.11 Å².